The van der Waals surface area contributed by atoms with Crippen molar-refractivity contribution in [3.63, 3.8) is 0 Å². The summed E-state index contributed by atoms with van der Waals surface area (Å²) >= 11 is 0. The van der Waals surface area contributed by atoms with Crippen molar-refractivity contribution in [3.05, 3.63) is 89.5 Å². The lowest BCUT2D eigenvalue weighted by molar-refractivity contribution is 0.251. The van der Waals surface area contributed by atoms with Crippen LogP contribution in [0.5, 0.6) is 0 Å². The molecular weight excluding hydrogens is 1040 g/mol. The molecule has 0 radical (unpaired) electrons. The van der Waals surface area contributed by atoms with E-state index in [0.717, 1.165) is 72.3 Å². The van der Waals surface area contributed by atoms with Gasteiger partial charge in [0.2, 0.25) is 0 Å². The molecule has 0 unspecified atom stereocenters. The molecule has 85 heavy (non-hydrogen) atoms. The molecule has 482 valence electrons. The third-order valence-corrected chi connectivity index (χ3v) is 17.5. The molecule has 3 aromatic rings. The molecular formula is C76H130N6O3. The van der Waals surface area contributed by atoms with Crippen molar-refractivity contribution in [2.45, 2.75) is 335 Å². The fourth-order valence-electron chi connectivity index (χ4n) is 12.0. The fourth-order valence-corrected chi connectivity index (χ4v) is 12.0. The van der Waals surface area contributed by atoms with Crippen molar-refractivity contribution in [2.75, 3.05) is 35.6 Å². The van der Waals surface area contributed by atoms with Gasteiger partial charge in [-0.05, 0) is 72.4 Å². The number of hydrogen-bond acceptors (Lipinski definition) is 3. The van der Waals surface area contributed by atoms with Crippen LogP contribution in [0.15, 0.2) is 72.8 Å². The van der Waals surface area contributed by atoms with Crippen molar-refractivity contribution >= 4 is 35.2 Å². The predicted octanol–water partition coefficient (Wildman–Crippen LogP) is 24.0. The Morgan fingerprint density at radius 1 is 0.235 bits per heavy atom. The van der Waals surface area contributed by atoms with E-state index in [1.54, 1.807) is 0 Å². The Labute approximate surface area is 522 Å². The van der Waals surface area contributed by atoms with E-state index in [4.69, 9.17) is 0 Å². The monoisotopic (exact) mass is 1180 g/mol. The zero-order chi connectivity index (χ0) is 60.6. The van der Waals surface area contributed by atoms with Gasteiger partial charge < -0.3 is 31.9 Å². The average Bonchev–Trinajstić information content (AvgIpc) is 3.61. The minimum Gasteiger partial charge on any atom is -0.338 e. The second-order valence-electron chi connectivity index (χ2n) is 25.4. The predicted molar refractivity (Wildman–Crippen MR) is 370 cm³/mol. The summed E-state index contributed by atoms with van der Waals surface area (Å²) in [5, 5.41) is 18.3. The van der Waals surface area contributed by atoms with Crippen LogP contribution in [0.2, 0.25) is 0 Å². The highest BCUT2D eigenvalue weighted by Gasteiger charge is 2.18. The SMILES string of the molecule is CCCCCCCCCCCCCCCCCCNC(=O)Nc1ccc(C(c2ccc(NC(=O)NCCCCCCCCCCCCCCCCCC)cc2)c2ccc(NC(=O)NCCCCCCCCCCCCCCCCCC)cc2)cc1. The maximum atomic E-state index is 12.9. The van der Waals surface area contributed by atoms with E-state index >= 15 is 0 Å². The second-order valence-corrected chi connectivity index (χ2v) is 25.4. The lowest BCUT2D eigenvalue weighted by Gasteiger charge is -2.20. The van der Waals surface area contributed by atoms with Gasteiger partial charge in [0.15, 0.2) is 0 Å². The largest absolute Gasteiger partial charge is 0.338 e. The number of hydrogen-bond donors (Lipinski definition) is 6. The quantitative estimate of drug-likeness (QED) is 0.0249. The van der Waals surface area contributed by atoms with Gasteiger partial charge >= 0.3 is 18.1 Å². The Bertz CT molecular complexity index is 1760. The molecule has 9 nitrogen and oxygen atoms in total. The average molecular weight is 1180 g/mol. The highest BCUT2D eigenvalue weighted by atomic mass is 16.2. The first-order chi connectivity index (χ1) is 41.9. The summed E-state index contributed by atoms with van der Waals surface area (Å²) in [7, 11) is 0. The van der Waals surface area contributed by atoms with Crippen LogP contribution >= 0.6 is 0 Å². The topological polar surface area (TPSA) is 123 Å². The van der Waals surface area contributed by atoms with Crippen LogP contribution in [0.3, 0.4) is 0 Å². The van der Waals surface area contributed by atoms with Gasteiger partial charge in [-0.1, -0.05) is 346 Å². The summed E-state index contributed by atoms with van der Waals surface area (Å²) in [6.45, 7) is 8.87. The van der Waals surface area contributed by atoms with Crippen LogP contribution in [-0.4, -0.2) is 37.7 Å². The molecule has 9 heteroatoms. The highest BCUT2D eigenvalue weighted by Crippen LogP contribution is 2.34. The molecule has 0 aliphatic rings. The van der Waals surface area contributed by atoms with Gasteiger partial charge in [-0.3, -0.25) is 0 Å². The van der Waals surface area contributed by atoms with E-state index in [1.165, 1.54) is 270 Å². The molecule has 0 fully saturated rings. The van der Waals surface area contributed by atoms with Gasteiger partial charge in [0, 0.05) is 42.6 Å². The van der Waals surface area contributed by atoms with E-state index in [-0.39, 0.29) is 24.0 Å². The molecule has 0 aromatic heterocycles. The van der Waals surface area contributed by atoms with Gasteiger partial charge in [0.05, 0.1) is 0 Å². The van der Waals surface area contributed by atoms with E-state index in [0.29, 0.717) is 19.6 Å². The maximum Gasteiger partial charge on any atom is 0.319 e. The smallest absolute Gasteiger partial charge is 0.319 e. The van der Waals surface area contributed by atoms with Crippen LogP contribution in [-0.2, 0) is 0 Å². The Morgan fingerprint density at radius 3 is 0.553 bits per heavy atom. The van der Waals surface area contributed by atoms with Crippen molar-refractivity contribution in [1.29, 1.82) is 0 Å². The Kier molecular flexibility index (Phi) is 48.2. The summed E-state index contributed by atoms with van der Waals surface area (Å²) in [6.07, 6.45) is 63.8. The zero-order valence-corrected chi connectivity index (χ0v) is 55.3. The Morgan fingerprint density at radius 2 is 0.388 bits per heavy atom. The molecule has 0 heterocycles. The van der Waals surface area contributed by atoms with E-state index in [2.05, 4.69) is 89.1 Å². The van der Waals surface area contributed by atoms with E-state index in [9.17, 15) is 14.4 Å². The number of anilines is 3. The molecule has 0 saturated carbocycles. The Balaban J connectivity index is 1.42. The first-order valence-corrected chi connectivity index (χ1v) is 36.4. The standard InChI is InChI=1S/C76H130N6O3/c1-4-7-10-13-16-19-22-25-28-31-34-37-40-43-46-49-64-77-74(83)80-70-58-52-67(53-59-70)73(68-54-60-71(61-55-68)81-75(84)78-65-50-47-44-41-38-35-32-29-26-23-20-17-14-11-8-5-2)69-56-62-72(63-57-69)82-76(85)79-66-51-48-45-42-39-36-33-30-27-24-21-18-15-12-9-6-3/h52-63,73H,4-51,64-66H2,1-3H3,(H2,77,80,83)(H2,78,81,84)(H2,79,82,85). The van der Waals surface area contributed by atoms with Crippen molar-refractivity contribution in [1.82, 2.24) is 16.0 Å². The molecule has 3 aromatic carbocycles. The van der Waals surface area contributed by atoms with Gasteiger partial charge in [-0.25, -0.2) is 14.4 Å². The van der Waals surface area contributed by atoms with Crippen LogP contribution in [0.25, 0.3) is 0 Å². The van der Waals surface area contributed by atoms with Crippen molar-refractivity contribution in [3.8, 4) is 0 Å². The maximum absolute atomic E-state index is 12.9. The third kappa shape index (κ3) is 42.1. The third-order valence-electron chi connectivity index (χ3n) is 17.5. The molecule has 6 N–H and O–H groups in total. The lowest BCUT2D eigenvalue weighted by atomic mass is 9.85. The van der Waals surface area contributed by atoms with Gasteiger partial charge in [0.25, 0.3) is 0 Å². The van der Waals surface area contributed by atoms with Crippen molar-refractivity contribution < 1.29 is 14.4 Å². The number of urea groups is 3. The summed E-state index contributed by atoms with van der Waals surface area (Å²) < 4.78 is 0. The van der Waals surface area contributed by atoms with Crippen LogP contribution < -0.4 is 31.9 Å². The zero-order valence-electron chi connectivity index (χ0n) is 55.3. The molecule has 0 spiro atoms. The van der Waals surface area contributed by atoms with E-state index < -0.39 is 0 Å². The molecule has 6 amide bonds. The summed E-state index contributed by atoms with van der Waals surface area (Å²) in [5.74, 6) is -0.131. The minimum absolute atomic E-state index is 0.131. The van der Waals surface area contributed by atoms with Gasteiger partial charge in [-0.15, -0.1) is 0 Å². The highest BCUT2D eigenvalue weighted by molar-refractivity contribution is 5.90. The number of benzene rings is 3. The van der Waals surface area contributed by atoms with Crippen LogP contribution in [0.1, 0.15) is 352 Å². The Hall–Kier alpha value is -4.53. The number of carbonyl (C=O) groups is 3. The summed E-state index contributed by atoms with van der Waals surface area (Å²) in [6, 6.07) is 23.7. The van der Waals surface area contributed by atoms with Gasteiger partial charge in [-0.2, -0.15) is 0 Å². The molecule has 0 saturated heterocycles. The molecule has 0 atom stereocenters. The normalized spacial score (nSPS) is 11.3. The number of rotatable bonds is 57. The lowest BCUT2D eigenvalue weighted by Crippen LogP contribution is -2.29. The van der Waals surface area contributed by atoms with Crippen molar-refractivity contribution in [2.24, 2.45) is 0 Å². The first kappa shape index (κ1) is 74.7. The first-order valence-electron chi connectivity index (χ1n) is 36.4. The second kappa shape index (κ2) is 54.8. The summed E-state index contributed by atoms with van der Waals surface area (Å²) in [5.41, 5.74) is 5.41. The molecule has 0 bridgehead atoms. The minimum atomic E-state index is -0.181. The molecule has 0 aliphatic carbocycles. The van der Waals surface area contributed by atoms with Crippen LogP contribution in [0.4, 0.5) is 31.4 Å². The van der Waals surface area contributed by atoms with E-state index in [1.807, 2.05) is 36.4 Å². The van der Waals surface area contributed by atoms with Gasteiger partial charge in [0.1, 0.15) is 0 Å². The number of unbranched alkanes of at least 4 members (excludes halogenated alkanes) is 45. The fraction of sp³-hybridized carbons (Fsp3) is 0.724. The number of amides is 6. The molecule has 3 rings (SSSR count). The number of carbonyl (C=O) groups excluding carboxylic acids is 3. The number of nitrogens with one attached hydrogen (secondary N) is 6. The molecule has 0 aliphatic heterocycles. The summed E-state index contributed by atoms with van der Waals surface area (Å²) in [4.78, 5) is 38.8. The van der Waals surface area contributed by atoms with Crippen LogP contribution in [0, 0.1) is 0 Å².